The highest BCUT2D eigenvalue weighted by Crippen LogP contribution is 2.39. The van der Waals surface area contributed by atoms with Crippen molar-refractivity contribution in [3.05, 3.63) is 24.3 Å². The van der Waals surface area contributed by atoms with Crippen LogP contribution in [0.3, 0.4) is 0 Å². The molecule has 14 N–H and O–H groups in total. The largest absolute Gasteiger partial charge is 0.477 e. The van der Waals surface area contributed by atoms with E-state index < -0.39 is 155 Å². The summed E-state index contributed by atoms with van der Waals surface area (Å²) in [6.45, 7) is 2.13. The van der Waals surface area contributed by atoms with E-state index in [1.54, 1.807) is 6.08 Å². The minimum atomic E-state index is -3.08. The molecule has 526 valence electrons. The Labute approximate surface area is 536 Å². The zero-order valence-corrected chi connectivity index (χ0v) is 54.7. The van der Waals surface area contributed by atoms with Crippen molar-refractivity contribution in [3.8, 4) is 0 Å². The summed E-state index contributed by atoms with van der Waals surface area (Å²) in [7, 11) is 0. The van der Waals surface area contributed by atoms with Crippen molar-refractivity contribution in [3.63, 3.8) is 0 Å². The molecule has 18 unspecified atom stereocenters. The number of ether oxygens (including phenoxy) is 6. The molecule has 90 heavy (non-hydrogen) atoms. The van der Waals surface area contributed by atoms with Crippen molar-refractivity contribution in [2.45, 2.75) is 355 Å². The van der Waals surface area contributed by atoms with Gasteiger partial charge in [-0.1, -0.05) is 205 Å². The fourth-order valence-corrected chi connectivity index (χ4v) is 12.1. The SMILES string of the molecule is CCCCCCCCCCC/C=C\CCCCCCCC(=O)NC(COC1OC(CO)C(OC2OC(CO)C(O)C(OC3(C(=O)O)CC(O)C(NC(C)=O)C(C(O)C(O)CO)O3)C2O)C(O)C1O)C(O)/C=C/CCCCCCCCCCCCCCCCCC. The molecule has 3 aliphatic heterocycles. The van der Waals surface area contributed by atoms with Gasteiger partial charge in [0.1, 0.15) is 67.1 Å². The van der Waals surface area contributed by atoms with Gasteiger partial charge in [-0.2, -0.15) is 0 Å². The van der Waals surface area contributed by atoms with E-state index in [1.807, 2.05) is 6.08 Å². The molecule has 23 heteroatoms. The lowest BCUT2D eigenvalue weighted by molar-refractivity contribution is -0.386. The number of hydrogen-bond donors (Lipinski definition) is 14. The monoisotopic (exact) mass is 1290 g/mol. The van der Waals surface area contributed by atoms with Gasteiger partial charge in [0.15, 0.2) is 12.6 Å². The lowest BCUT2D eigenvalue weighted by Gasteiger charge is -2.50. The molecule has 0 radical (unpaired) electrons. The van der Waals surface area contributed by atoms with Crippen molar-refractivity contribution in [1.29, 1.82) is 0 Å². The number of allylic oxidation sites excluding steroid dienone is 3. The van der Waals surface area contributed by atoms with Crippen LogP contribution < -0.4 is 10.6 Å². The van der Waals surface area contributed by atoms with Crippen molar-refractivity contribution in [2.24, 2.45) is 0 Å². The Morgan fingerprint density at radius 2 is 1.04 bits per heavy atom. The van der Waals surface area contributed by atoms with Crippen LogP contribution in [0.15, 0.2) is 24.3 Å². The van der Waals surface area contributed by atoms with Crippen LogP contribution >= 0.6 is 0 Å². The molecule has 0 aromatic carbocycles. The topological polar surface area (TPSA) is 373 Å². The maximum absolute atomic E-state index is 13.4. The molecule has 0 saturated carbocycles. The maximum atomic E-state index is 13.4. The third-order valence-corrected chi connectivity index (χ3v) is 17.6. The van der Waals surface area contributed by atoms with Crippen LogP contribution in [-0.2, 0) is 42.8 Å². The number of amides is 2. The minimum absolute atomic E-state index is 0.191. The number of rotatable bonds is 52. The smallest absolute Gasteiger partial charge is 0.364 e. The van der Waals surface area contributed by atoms with Crippen LogP contribution in [0, 0.1) is 0 Å². The Kier molecular flexibility index (Phi) is 43.4. The van der Waals surface area contributed by atoms with E-state index in [0.717, 1.165) is 64.7 Å². The molecule has 3 saturated heterocycles. The van der Waals surface area contributed by atoms with E-state index in [9.17, 15) is 75.7 Å². The third-order valence-electron chi connectivity index (χ3n) is 17.6. The number of unbranched alkanes of at least 4 members (excludes halogenated alkanes) is 30. The van der Waals surface area contributed by atoms with Crippen LogP contribution in [0.4, 0.5) is 0 Å². The lowest BCUT2D eigenvalue weighted by atomic mass is 9.88. The number of carboxylic acid groups (broad SMARTS) is 1. The fourth-order valence-electron chi connectivity index (χ4n) is 12.1. The second-order valence-corrected chi connectivity index (χ2v) is 25.4. The Morgan fingerprint density at radius 1 is 0.578 bits per heavy atom. The number of aliphatic hydroxyl groups is 11. The van der Waals surface area contributed by atoms with E-state index in [1.165, 1.54) is 141 Å². The molecule has 0 bridgehead atoms. The third kappa shape index (κ3) is 30.3. The predicted octanol–water partition coefficient (Wildman–Crippen LogP) is 6.06. The van der Waals surface area contributed by atoms with Crippen molar-refractivity contribution in [1.82, 2.24) is 10.6 Å². The summed E-state index contributed by atoms with van der Waals surface area (Å²) in [5.41, 5.74) is 0. The van der Waals surface area contributed by atoms with Crippen LogP contribution in [0.1, 0.15) is 245 Å². The van der Waals surface area contributed by atoms with Crippen molar-refractivity contribution in [2.75, 3.05) is 26.4 Å². The number of carbonyl (C=O) groups excluding carboxylic acids is 2. The molecule has 3 rings (SSSR count). The summed E-state index contributed by atoms with van der Waals surface area (Å²) in [4.78, 5) is 38.5. The number of hydrogen-bond acceptors (Lipinski definition) is 20. The number of aliphatic carboxylic acids is 1. The van der Waals surface area contributed by atoms with Gasteiger partial charge in [-0.25, -0.2) is 4.79 Å². The van der Waals surface area contributed by atoms with Crippen LogP contribution in [-0.4, -0.2) is 215 Å². The van der Waals surface area contributed by atoms with Gasteiger partial charge in [-0.05, 0) is 44.9 Å². The molecule has 23 nitrogen and oxygen atoms in total. The Balaban J connectivity index is 1.62. The summed E-state index contributed by atoms with van der Waals surface area (Å²) in [6.07, 6.45) is 17.9. The van der Waals surface area contributed by atoms with E-state index in [0.29, 0.717) is 12.8 Å². The van der Waals surface area contributed by atoms with Gasteiger partial charge in [0.25, 0.3) is 5.79 Å². The second kappa shape index (κ2) is 48.0. The summed E-state index contributed by atoms with van der Waals surface area (Å²) in [5, 5.41) is 136. The number of carboxylic acids is 1. The first-order valence-corrected chi connectivity index (χ1v) is 34.7. The molecule has 3 aliphatic rings. The Bertz CT molecular complexity index is 1920. The fraction of sp³-hybridized carbons (Fsp3) is 0.896. The van der Waals surface area contributed by atoms with Gasteiger partial charge in [0.2, 0.25) is 11.8 Å². The van der Waals surface area contributed by atoms with Gasteiger partial charge in [-0.15, -0.1) is 0 Å². The Hall–Kier alpha value is -2.79. The average Bonchev–Trinajstić information content (AvgIpc) is 0.767. The number of aliphatic hydroxyl groups excluding tert-OH is 11. The van der Waals surface area contributed by atoms with E-state index in [4.69, 9.17) is 28.4 Å². The number of nitrogens with one attached hydrogen (secondary N) is 2. The molecule has 0 aliphatic carbocycles. The van der Waals surface area contributed by atoms with Crippen LogP contribution in [0.2, 0.25) is 0 Å². The summed E-state index contributed by atoms with van der Waals surface area (Å²) < 4.78 is 34.8. The average molecular weight is 1290 g/mol. The molecular weight excluding hydrogens is 1170 g/mol. The molecular formula is C67H122N2O21. The highest BCUT2D eigenvalue weighted by molar-refractivity contribution is 5.77. The lowest BCUT2D eigenvalue weighted by Crippen LogP contribution is -2.70. The quantitative estimate of drug-likeness (QED) is 0.0243. The predicted molar refractivity (Wildman–Crippen MR) is 338 cm³/mol. The minimum Gasteiger partial charge on any atom is -0.477 e. The molecule has 0 aromatic rings. The van der Waals surface area contributed by atoms with Crippen molar-refractivity contribution >= 4 is 17.8 Å². The van der Waals surface area contributed by atoms with E-state index >= 15 is 0 Å². The van der Waals surface area contributed by atoms with Gasteiger partial charge >= 0.3 is 5.97 Å². The molecule has 0 spiro atoms. The highest BCUT2D eigenvalue weighted by Gasteiger charge is 2.60. The van der Waals surface area contributed by atoms with Crippen molar-refractivity contribution < 1.29 is 104 Å². The molecule has 0 aromatic heterocycles. The van der Waals surface area contributed by atoms with Gasteiger partial charge in [-0.3, -0.25) is 9.59 Å². The molecule has 3 heterocycles. The van der Waals surface area contributed by atoms with Gasteiger partial charge in [0, 0.05) is 19.8 Å². The van der Waals surface area contributed by atoms with E-state index in [2.05, 4.69) is 36.6 Å². The molecule has 3 fully saturated rings. The summed E-state index contributed by atoms with van der Waals surface area (Å²) in [6, 6.07) is -2.62. The summed E-state index contributed by atoms with van der Waals surface area (Å²) in [5.74, 6) is -6.15. The normalized spacial score (nSPS) is 28.7. The first-order valence-electron chi connectivity index (χ1n) is 34.7. The first kappa shape index (κ1) is 81.4. The number of carbonyl (C=O) groups is 3. The standard InChI is InChI=1S/C67H122N2O21/c1-4-6-8-10-12-14-16-18-20-22-24-26-28-30-32-34-36-38-40-49(74)48(69-54(77)41-39-37-35-33-31-29-27-25-23-21-19-17-15-13-11-9-7-5-2)46-85-64-59(81)58(80)61(53(45-72)87-64)88-65-60(82)63(57(79)52(44-71)86-65)90-67(66(83)84)42-50(75)55(68-47(3)73)62(89-67)56(78)51(76)43-70/h25,27,38,40,48-53,55-65,70-72,74-76,78-82H,4-24,26,28-37,39,41-46H2,1-3H3,(H,68,73)(H,69,77)(H,83,84)/b27-25-,40-38+. The van der Waals surface area contributed by atoms with Crippen LogP contribution in [0.25, 0.3) is 0 Å². The zero-order valence-electron chi connectivity index (χ0n) is 54.7. The van der Waals surface area contributed by atoms with Crippen LogP contribution in [0.5, 0.6) is 0 Å². The highest BCUT2D eigenvalue weighted by atomic mass is 16.8. The Morgan fingerprint density at radius 3 is 1.51 bits per heavy atom. The van der Waals surface area contributed by atoms with E-state index in [-0.39, 0.29) is 12.3 Å². The zero-order chi connectivity index (χ0) is 66.1. The first-order chi connectivity index (χ1) is 43.4. The molecule has 18 atom stereocenters. The molecule has 2 amide bonds. The van der Waals surface area contributed by atoms with Gasteiger partial charge in [0.05, 0.1) is 50.7 Å². The van der Waals surface area contributed by atoms with Gasteiger partial charge < -0.3 is 100 Å². The summed E-state index contributed by atoms with van der Waals surface area (Å²) >= 11 is 0. The second-order valence-electron chi connectivity index (χ2n) is 25.4. The maximum Gasteiger partial charge on any atom is 0.364 e.